The van der Waals surface area contributed by atoms with Crippen LogP contribution in [0.2, 0.25) is 0 Å². The highest BCUT2D eigenvalue weighted by Crippen LogP contribution is 2.47. The lowest BCUT2D eigenvalue weighted by Crippen LogP contribution is -2.26. The molecule has 0 saturated heterocycles. The van der Waals surface area contributed by atoms with Crippen molar-refractivity contribution in [3.05, 3.63) is 59.5 Å². The molecule has 1 aromatic heterocycles. The summed E-state index contributed by atoms with van der Waals surface area (Å²) in [5, 5.41) is 3.03. The lowest BCUT2D eigenvalue weighted by molar-refractivity contribution is -0.121. The summed E-state index contributed by atoms with van der Waals surface area (Å²) in [7, 11) is 0. The molecule has 1 aliphatic carbocycles. The fourth-order valence-electron chi connectivity index (χ4n) is 2.82. The number of amides is 1. The van der Waals surface area contributed by atoms with Gasteiger partial charge in [0.25, 0.3) is 0 Å². The minimum Gasteiger partial charge on any atom is -0.466 e. The van der Waals surface area contributed by atoms with E-state index in [0.29, 0.717) is 18.8 Å². The maximum absolute atomic E-state index is 12.1. The van der Waals surface area contributed by atoms with E-state index >= 15 is 0 Å². The second-order valence-corrected chi connectivity index (χ2v) is 6.32. The SMILES string of the molecule is C[C@H](NC(=O)CCc1ccc([C@@H]2C[C@@H]2C)o1)c1ccccc1. The molecule has 2 aromatic rings. The van der Waals surface area contributed by atoms with Gasteiger partial charge < -0.3 is 9.73 Å². The summed E-state index contributed by atoms with van der Waals surface area (Å²) < 4.78 is 5.84. The number of carbonyl (C=O) groups excluding carboxylic acids is 1. The first-order valence-corrected chi connectivity index (χ1v) is 8.06. The number of hydrogen-bond donors (Lipinski definition) is 1. The van der Waals surface area contributed by atoms with E-state index in [-0.39, 0.29) is 11.9 Å². The van der Waals surface area contributed by atoms with Gasteiger partial charge in [-0.1, -0.05) is 37.3 Å². The molecule has 3 atom stereocenters. The van der Waals surface area contributed by atoms with E-state index in [1.54, 1.807) is 0 Å². The number of rotatable bonds is 6. The van der Waals surface area contributed by atoms with Crippen molar-refractivity contribution in [1.29, 1.82) is 0 Å². The highest BCUT2D eigenvalue weighted by molar-refractivity contribution is 5.76. The van der Waals surface area contributed by atoms with Crippen LogP contribution in [-0.2, 0) is 11.2 Å². The van der Waals surface area contributed by atoms with Crippen LogP contribution in [-0.4, -0.2) is 5.91 Å². The van der Waals surface area contributed by atoms with Crippen LogP contribution in [0.1, 0.15) is 55.7 Å². The lowest BCUT2D eigenvalue weighted by atomic mass is 10.1. The van der Waals surface area contributed by atoms with Crippen molar-refractivity contribution in [2.24, 2.45) is 5.92 Å². The molecule has 0 radical (unpaired) electrons. The summed E-state index contributed by atoms with van der Waals surface area (Å²) in [6, 6.07) is 14.1. The molecule has 1 aliphatic rings. The van der Waals surface area contributed by atoms with Crippen LogP contribution < -0.4 is 5.32 Å². The fourth-order valence-corrected chi connectivity index (χ4v) is 2.82. The van der Waals surface area contributed by atoms with Crippen LogP contribution in [0.4, 0.5) is 0 Å². The molecule has 116 valence electrons. The predicted octanol–water partition coefficient (Wildman–Crippen LogP) is 4.21. The van der Waals surface area contributed by atoms with Gasteiger partial charge in [-0.25, -0.2) is 0 Å². The van der Waals surface area contributed by atoms with E-state index in [9.17, 15) is 4.79 Å². The molecule has 0 bridgehead atoms. The summed E-state index contributed by atoms with van der Waals surface area (Å²) in [6.45, 7) is 4.25. The van der Waals surface area contributed by atoms with Crippen LogP contribution >= 0.6 is 0 Å². The van der Waals surface area contributed by atoms with Crippen molar-refractivity contribution in [3.8, 4) is 0 Å². The minimum absolute atomic E-state index is 0.0353. The summed E-state index contributed by atoms with van der Waals surface area (Å²) in [4.78, 5) is 12.1. The Kier molecular flexibility index (Phi) is 4.32. The van der Waals surface area contributed by atoms with Crippen LogP contribution in [0.5, 0.6) is 0 Å². The van der Waals surface area contributed by atoms with Crippen molar-refractivity contribution in [2.45, 2.75) is 45.1 Å². The zero-order valence-electron chi connectivity index (χ0n) is 13.2. The zero-order chi connectivity index (χ0) is 15.5. The highest BCUT2D eigenvalue weighted by atomic mass is 16.3. The highest BCUT2D eigenvalue weighted by Gasteiger charge is 2.36. The van der Waals surface area contributed by atoms with E-state index in [2.05, 4.69) is 18.3 Å². The molecular formula is C19H23NO2. The fraction of sp³-hybridized carbons (Fsp3) is 0.421. The first kappa shape index (κ1) is 14.9. The van der Waals surface area contributed by atoms with Gasteiger partial charge in [-0.2, -0.15) is 0 Å². The van der Waals surface area contributed by atoms with Crippen LogP contribution in [0.15, 0.2) is 46.9 Å². The Labute approximate surface area is 131 Å². The van der Waals surface area contributed by atoms with Crippen LogP contribution in [0.25, 0.3) is 0 Å². The normalized spacial score (nSPS) is 21.4. The standard InChI is InChI=1S/C19H23NO2/c1-13-12-17(13)18-10-8-16(22-18)9-11-19(21)20-14(2)15-6-4-3-5-7-15/h3-8,10,13-14,17H,9,11-12H2,1-2H3,(H,20,21)/t13-,14-,17+/m0/s1. The van der Waals surface area contributed by atoms with Gasteiger partial charge in [0, 0.05) is 18.8 Å². The second kappa shape index (κ2) is 6.39. The maximum Gasteiger partial charge on any atom is 0.220 e. The molecule has 1 aromatic carbocycles. The topological polar surface area (TPSA) is 42.2 Å². The Bertz CT molecular complexity index is 632. The Hall–Kier alpha value is -2.03. The Morgan fingerprint density at radius 2 is 2.00 bits per heavy atom. The summed E-state index contributed by atoms with van der Waals surface area (Å²) >= 11 is 0. The summed E-state index contributed by atoms with van der Waals surface area (Å²) in [5.41, 5.74) is 1.12. The van der Waals surface area contributed by atoms with E-state index in [1.807, 2.05) is 43.3 Å². The van der Waals surface area contributed by atoms with Gasteiger partial charge >= 0.3 is 0 Å². The van der Waals surface area contributed by atoms with Crippen LogP contribution in [0, 0.1) is 5.92 Å². The molecule has 0 unspecified atom stereocenters. The number of aryl methyl sites for hydroxylation is 1. The Balaban J connectivity index is 1.47. The third kappa shape index (κ3) is 3.59. The smallest absolute Gasteiger partial charge is 0.220 e. The third-order valence-corrected chi connectivity index (χ3v) is 4.43. The Morgan fingerprint density at radius 1 is 1.27 bits per heavy atom. The van der Waals surface area contributed by atoms with Crippen molar-refractivity contribution >= 4 is 5.91 Å². The number of nitrogens with one attached hydrogen (secondary N) is 1. The van der Waals surface area contributed by atoms with Gasteiger partial charge in [-0.15, -0.1) is 0 Å². The van der Waals surface area contributed by atoms with Gasteiger partial charge in [-0.05, 0) is 37.0 Å². The Morgan fingerprint density at radius 3 is 2.68 bits per heavy atom. The average Bonchev–Trinajstić information content (AvgIpc) is 3.08. The zero-order valence-corrected chi connectivity index (χ0v) is 13.2. The van der Waals surface area contributed by atoms with Crippen molar-refractivity contribution in [2.75, 3.05) is 0 Å². The van der Waals surface area contributed by atoms with E-state index in [1.165, 1.54) is 6.42 Å². The molecule has 22 heavy (non-hydrogen) atoms. The number of hydrogen-bond acceptors (Lipinski definition) is 2. The number of furan rings is 1. The van der Waals surface area contributed by atoms with E-state index in [0.717, 1.165) is 23.0 Å². The molecular weight excluding hydrogens is 274 g/mol. The van der Waals surface area contributed by atoms with Gasteiger partial charge in [0.05, 0.1) is 6.04 Å². The first-order chi connectivity index (χ1) is 10.6. The van der Waals surface area contributed by atoms with E-state index in [4.69, 9.17) is 4.42 Å². The minimum atomic E-state index is 0.0353. The quantitative estimate of drug-likeness (QED) is 0.867. The van der Waals surface area contributed by atoms with Crippen molar-refractivity contribution in [1.82, 2.24) is 5.32 Å². The number of benzene rings is 1. The van der Waals surface area contributed by atoms with Crippen LogP contribution in [0.3, 0.4) is 0 Å². The van der Waals surface area contributed by atoms with E-state index < -0.39 is 0 Å². The maximum atomic E-state index is 12.1. The molecule has 1 heterocycles. The molecule has 1 N–H and O–H groups in total. The van der Waals surface area contributed by atoms with Gasteiger partial charge in [-0.3, -0.25) is 4.79 Å². The van der Waals surface area contributed by atoms with Crippen molar-refractivity contribution in [3.63, 3.8) is 0 Å². The molecule has 1 amide bonds. The monoisotopic (exact) mass is 297 g/mol. The molecule has 3 rings (SSSR count). The van der Waals surface area contributed by atoms with Gasteiger partial charge in [0.15, 0.2) is 0 Å². The third-order valence-electron chi connectivity index (χ3n) is 4.43. The molecule has 3 nitrogen and oxygen atoms in total. The largest absolute Gasteiger partial charge is 0.466 e. The second-order valence-electron chi connectivity index (χ2n) is 6.32. The average molecular weight is 297 g/mol. The predicted molar refractivity (Wildman–Crippen MR) is 86.6 cm³/mol. The number of carbonyl (C=O) groups is 1. The molecule has 0 aliphatic heterocycles. The molecule has 3 heteroatoms. The molecule has 1 fully saturated rings. The van der Waals surface area contributed by atoms with Crippen molar-refractivity contribution < 1.29 is 9.21 Å². The van der Waals surface area contributed by atoms with Gasteiger partial charge in [0.1, 0.15) is 11.5 Å². The lowest BCUT2D eigenvalue weighted by Gasteiger charge is -2.13. The first-order valence-electron chi connectivity index (χ1n) is 8.06. The summed E-state index contributed by atoms with van der Waals surface area (Å²) in [5.74, 6) is 3.40. The summed E-state index contributed by atoms with van der Waals surface area (Å²) in [6.07, 6.45) is 2.35. The molecule has 1 saturated carbocycles. The van der Waals surface area contributed by atoms with Gasteiger partial charge in [0.2, 0.25) is 5.91 Å². The molecule has 0 spiro atoms.